The minimum atomic E-state index is -0.777. The number of aromatic nitrogens is 4. The van der Waals surface area contributed by atoms with Gasteiger partial charge in [-0.05, 0) is 13.8 Å². The van der Waals surface area contributed by atoms with Crippen LogP contribution in [0, 0.1) is 6.92 Å². The van der Waals surface area contributed by atoms with E-state index < -0.39 is 12.0 Å². The van der Waals surface area contributed by atoms with Crippen molar-refractivity contribution in [3.63, 3.8) is 0 Å². The molecule has 8 heteroatoms. The van der Waals surface area contributed by atoms with Gasteiger partial charge in [-0.25, -0.2) is 9.97 Å². The molecule has 0 aromatic carbocycles. The fourth-order valence-corrected chi connectivity index (χ4v) is 2.83. The van der Waals surface area contributed by atoms with Crippen molar-refractivity contribution in [2.75, 3.05) is 31.1 Å². The van der Waals surface area contributed by atoms with E-state index in [9.17, 15) is 4.79 Å². The molecule has 2 aromatic rings. The van der Waals surface area contributed by atoms with E-state index in [0.29, 0.717) is 18.9 Å². The highest BCUT2D eigenvalue weighted by atomic mass is 16.4. The molecule has 1 saturated heterocycles. The number of piperazine rings is 1. The average molecular weight is 304 g/mol. The smallest absolute Gasteiger partial charge is 0.320 e. The lowest BCUT2D eigenvalue weighted by molar-refractivity contribution is -0.142. The molecule has 0 aliphatic carbocycles. The molecule has 22 heavy (non-hydrogen) atoms. The maximum Gasteiger partial charge on any atom is 0.320 e. The highest BCUT2D eigenvalue weighted by Gasteiger charge is 2.27. The number of carboxylic acids is 1. The molecule has 1 aliphatic rings. The molecule has 3 heterocycles. The van der Waals surface area contributed by atoms with Crippen molar-refractivity contribution in [1.29, 1.82) is 0 Å². The van der Waals surface area contributed by atoms with Crippen LogP contribution in [0.25, 0.3) is 11.0 Å². The van der Waals surface area contributed by atoms with E-state index in [1.807, 2.05) is 18.9 Å². The number of carbonyl (C=O) groups is 1. The number of hydrogen-bond acceptors (Lipinski definition) is 6. The molecule has 118 valence electrons. The molecule has 1 unspecified atom stereocenters. The van der Waals surface area contributed by atoms with Gasteiger partial charge in [-0.2, -0.15) is 5.10 Å². The Hall–Kier alpha value is -2.22. The minimum Gasteiger partial charge on any atom is -0.480 e. The summed E-state index contributed by atoms with van der Waals surface area (Å²) in [6.07, 6.45) is 1.79. The summed E-state index contributed by atoms with van der Waals surface area (Å²) < 4.78 is 1.75. The zero-order valence-electron chi connectivity index (χ0n) is 13.0. The maximum atomic E-state index is 11.1. The second-order valence-electron chi connectivity index (χ2n) is 5.64. The molecule has 0 amide bonds. The van der Waals surface area contributed by atoms with E-state index in [4.69, 9.17) is 5.11 Å². The van der Waals surface area contributed by atoms with Crippen LogP contribution in [-0.4, -0.2) is 67.9 Å². The zero-order valence-corrected chi connectivity index (χ0v) is 13.0. The number of fused-ring (bicyclic) bond motifs is 1. The normalized spacial score (nSPS) is 17.9. The fraction of sp³-hybridized carbons (Fsp3) is 0.571. The van der Waals surface area contributed by atoms with Gasteiger partial charge in [0, 0.05) is 33.2 Å². The van der Waals surface area contributed by atoms with Gasteiger partial charge >= 0.3 is 5.97 Å². The summed E-state index contributed by atoms with van der Waals surface area (Å²) in [6.45, 7) is 6.51. The molecular weight excluding hydrogens is 284 g/mol. The molecule has 0 radical (unpaired) electrons. The summed E-state index contributed by atoms with van der Waals surface area (Å²) in [5, 5.41) is 14.3. The van der Waals surface area contributed by atoms with Crippen molar-refractivity contribution in [3.05, 3.63) is 12.0 Å². The number of rotatable bonds is 3. The molecule has 0 spiro atoms. The van der Waals surface area contributed by atoms with Crippen molar-refractivity contribution in [3.8, 4) is 0 Å². The van der Waals surface area contributed by atoms with Crippen molar-refractivity contribution in [1.82, 2.24) is 24.6 Å². The second-order valence-corrected chi connectivity index (χ2v) is 5.64. The number of aryl methyl sites for hydroxylation is 2. The largest absolute Gasteiger partial charge is 0.480 e. The Morgan fingerprint density at radius 2 is 1.95 bits per heavy atom. The van der Waals surface area contributed by atoms with Gasteiger partial charge in [0.25, 0.3) is 0 Å². The molecule has 3 rings (SSSR count). The van der Waals surface area contributed by atoms with E-state index in [1.54, 1.807) is 17.8 Å². The van der Waals surface area contributed by atoms with Gasteiger partial charge in [0.15, 0.2) is 5.65 Å². The van der Waals surface area contributed by atoms with E-state index >= 15 is 0 Å². The van der Waals surface area contributed by atoms with Gasteiger partial charge in [-0.15, -0.1) is 0 Å². The first-order chi connectivity index (χ1) is 10.5. The van der Waals surface area contributed by atoms with Crippen LogP contribution in [0.5, 0.6) is 0 Å². The third-order valence-corrected chi connectivity index (χ3v) is 4.20. The summed E-state index contributed by atoms with van der Waals surface area (Å²) in [5.41, 5.74) is 0.823. The Labute approximate surface area is 128 Å². The topological polar surface area (TPSA) is 87.4 Å². The highest BCUT2D eigenvalue weighted by Crippen LogP contribution is 2.24. The molecule has 0 bridgehead atoms. The first-order valence-corrected chi connectivity index (χ1v) is 7.35. The first kappa shape index (κ1) is 14.7. The van der Waals surface area contributed by atoms with Crippen LogP contribution in [0.2, 0.25) is 0 Å². The van der Waals surface area contributed by atoms with Gasteiger partial charge in [0.05, 0.1) is 11.6 Å². The first-order valence-electron chi connectivity index (χ1n) is 7.35. The number of carboxylic acid groups (broad SMARTS) is 1. The molecule has 8 nitrogen and oxygen atoms in total. The number of aliphatic carboxylic acids is 1. The predicted molar refractivity (Wildman–Crippen MR) is 81.9 cm³/mol. The van der Waals surface area contributed by atoms with E-state index in [-0.39, 0.29) is 0 Å². The fourth-order valence-electron chi connectivity index (χ4n) is 2.83. The standard InChI is InChI=1S/C14H20N6O2/c1-9(14(21)22)19-4-6-20(7-5-19)13-11-8-15-18(3)12(11)16-10(2)17-13/h8-9H,4-7H2,1-3H3,(H,21,22). The lowest BCUT2D eigenvalue weighted by Crippen LogP contribution is -2.52. The quantitative estimate of drug-likeness (QED) is 0.870. The SMILES string of the molecule is Cc1nc(N2CCN(C(C)C(=O)O)CC2)c2cnn(C)c2n1. The third-order valence-electron chi connectivity index (χ3n) is 4.20. The Bertz CT molecular complexity index is 705. The summed E-state index contributed by atoms with van der Waals surface area (Å²) in [5.74, 6) is 0.826. The van der Waals surface area contributed by atoms with E-state index in [0.717, 1.165) is 29.9 Å². The monoisotopic (exact) mass is 304 g/mol. The van der Waals surface area contributed by atoms with Crippen molar-refractivity contribution in [2.45, 2.75) is 19.9 Å². The molecule has 1 atom stereocenters. The summed E-state index contributed by atoms with van der Waals surface area (Å²) in [7, 11) is 1.87. The van der Waals surface area contributed by atoms with Crippen LogP contribution in [0.4, 0.5) is 5.82 Å². The maximum absolute atomic E-state index is 11.1. The van der Waals surface area contributed by atoms with Gasteiger partial charge in [0.2, 0.25) is 0 Å². The Morgan fingerprint density at radius 1 is 1.27 bits per heavy atom. The Kier molecular flexibility index (Phi) is 3.69. The summed E-state index contributed by atoms with van der Waals surface area (Å²) >= 11 is 0. The van der Waals surface area contributed by atoms with Crippen LogP contribution in [0.1, 0.15) is 12.7 Å². The van der Waals surface area contributed by atoms with Crippen molar-refractivity contribution < 1.29 is 9.90 Å². The molecular formula is C14H20N6O2. The van der Waals surface area contributed by atoms with E-state index in [2.05, 4.69) is 20.0 Å². The summed E-state index contributed by atoms with van der Waals surface area (Å²) in [4.78, 5) is 24.3. The van der Waals surface area contributed by atoms with Gasteiger partial charge < -0.3 is 10.0 Å². The molecule has 0 saturated carbocycles. The highest BCUT2D eigenvalue weighted by molar-refractivity contribution is 5.87. The molecule has 1 N–H and O–H groups in total. The lowest BCUT2D eigenvalue weighted by atomic mass is 10.2. The van der Waals surface area contributed by atoms with Crippen molar-refractivity contribution >= 4 is 22.8 Å². The van der Waals surface area contributed by atoms with Crippen molar-refractivity contribution in [2.24, 2.45) is 7.05 Å². The van der Waals surface area contributed by atoms with Crippen LogP contribution in [0.15, 0.2) is 6.20 Å². The summed E-state index contributed by atoms with van der Waals surface area (Å²) in [6, 6.07) is -0.451. The molecule has 1 fully saturated rings. The Morgan fingerprint density at radius 3 is 2.59 bits per heavy atom. The van der Waals surface area contributed by atoms with Crippen LogP contribution in [0.3, 0.4) is 0 Å². The third kappa shape index (κ3) is 2.50. The molecule has 2 aromatic heterocycles. The number of anilines is 1. The van der Waals surface area contributed by atoms with Gasteiger partial charge in [-0.3, -0.25) is 14.4 Å². The van der Waals surface area contributed by atoms with Crippen LogP contribution < -0.4 is 4.90 Å². The molecule has 1 aliphatic heterocycles. The second kappa shape index (κ2) is 5.53. The van der Waals surface area contributed by atoms with Crippen LogP contribution in [-0.2, 0) is 11.8 Å². The Balaban J connectivity index is 1.83. The number of nitrogens with zero attached hydrogens (tertiary/aromatic N) is 6. The average Bonchev–Trinajstić information content (AvgIpc) is 2.87. The van der Waals surface area contributed by atoms with E-state index in [1.165, 1.54) is 0 Å². The van der Waals surface area contributed by atoms with Crippen LogP contribution >= 0.6 is 0 Å². The predicted octanol–water partition coefficient (Wildman–Crippen LogP) is 0.267. The lowest BCUT2D eigenvalue weighted by Gasteiger charge is -2.37. The van der Waals surface area contributed by atoms with Gasteiger partial charge in [-0.1, -0.05) is 0 Å². The zero-order chi connectivity index (χ0) is 15.9. The number of hydrogen-bond donors (Lipinski definition) is 1. The minimum absolute atomic E-state index is 0.451. The van der Waals surface area contributed by atoms with Gasteiger partial charge in [0.1, 0.15) is 17.7 Å².